The first-order valence-electron chi connectivity index (χ1n) is 14.6. The number of benzene rings is 5. The van der Waals surface area contributed by atoms with Crippen molar-refractivity contribution in [2.24, 2.45) is 0 Å². The van der Waals surface area contributed by atoms with Crippen LogP contribution in [0.1, 0.15) is 0 Å². The topological polar surface area (TPSA) is 61.4 Å². The minimum Gasteiger partial charge on any atom is -0.315 e. The van der Waals surface area contributed by atoms with E-state index in [0.29, 0.717) is 17.6 Å². The van der Waals surface area contributed by atoms with E-state index in [4.69, 9.17) is 19.9 Å². The lowest BCUT2D eigenvalue weighted by atomic mass is 10.1. The van der Waals surface area contributed by atoms with Gasteiger partial charge in [0.05, 0.1) is 17.2 Å². The molecule has 4 aromatic heterocycles. The van der Waals surface area contributed by atoms with Gasteiger partial charge in [-0.25, -0.2) is 9.97 Å². The highest BCUT2D eigenvalue weighted by molar-refractivity contribution is 6.24. The Kier molecular flexibility index (Phi) is 5.40. The number of nitrogens with zero attached hydrogens (tertiary/aromatic N) is 6. The second-order valence-electron chi connectivity index (χ2n) is 10.8. The van der Waals surface area contributed by atoms with E-state index < -0.39 is 0 Å². The third-order valence-corrected chi connectivity index (χ3v) is 8.26. The van der Waals surface area contributed by atoms with Gasteiger partial charge >= 0.3 is 0 Å². The molecule has 206 valence electrons. The second-order valence-corrected chi connectivity index (χ2v) is 10.8. The summed E-state index contributed by atoms with van der Waals surface area (Å²) in [5, 5.41) is 5.55. The molecule has 0 fully saturated rings. The van der Waals surface area contributed by atoms with Gasteiger partial charge in [0.25, 0.3) is 0 Å². The first-order chi connectivity index (χ1) is 21.8. The van der Waals surface area contributed by atoms with Gasteiger partial charge in [-0.3, -0.25) is 4.57 Å². The molecule has 0 N–H and O–H groups in total. The molecule has 0 unspecified atom stereocenters. The molecule has 4 heterocycles. The van der Waals surface area contributed by atoms with Crippen molar-refractivity contribution in [2.45, 2.75) is 0 Å². The Bertz CT molecular complexity index is 2420. The van der Waals surface area contributed by atoms with Crippen molar-refractivity contribution in [3.63, 3.8) is 0 Å². The van der Waals surface area contributed by atoms with E-state index >= 15 is 0 Å². The van der Waals surface area contributed by atoms with Gasteiger partial charge in [0.15, 0.2) is 11.6 Å². The van der Waals surface area contributed by atoms with Crippen LogP contribution in [0.5, 0.6) is 0 Å². The molecule has 5 aromatic carbocycles. The van der Waals surface area contributed by atoms with Crippen LogP contribution in [-0.4, -0.2) is 29.1 Å². The molecule has 0 saturated carbocycles. The summed E-state index contributed by atoms with van der Waals surface area (Å²) in [6.07, 6.45) is 4.08. The van der Waals surface area contributed by atoms with E-state index in [0.717, 1.165) is 60.4 Å². The molecule has 0 amide bonds. The fourth-order valence-electron chi connectivity index (χ4n) is 6.24. The maximum atomic E-state index is 5.13. The molecule has 0 atom stereocenters. The van der Waals surface area contributed by atoms with Crippen molar-refractivity contribution in [3.8, 4) is 34.4 Å². The van der Waals surface area contributed by atoms with Crippen molar-refractivity contribution in [2.75, 3.05) is 0 Å². The molecule has 0 bridgehead atoms. The Labute approximate surface area is 252 Å². The van der Waals surface area contributed by atoms with Crippen LogP contribution in [-0.2, 0) is 0 Å². The molecule has 9 aromatic rings. The summed E-state index contributed by atoms with van der Waals surface area (Å²) in [6.45, 7) is 0. The van der Waals surface area contributed by atoms with Gasteiger partial charge in [-0.1, -0.05) is 115 Å². The van der Waals surface area contributed by atoms with Gasteiger partial charge in [0.2, 0.25) is 5.95 Å². The minimum absolute atomic E-state index is 0.531. The van der Waals surface area contributed by atoms with Crippen LogP contribution >= 0.6 is 0 Å². The van der Waals surface area contributed by atoms with Crippen molar-refractivity contribution >= 4 is 43.6 Å². The predicted octanol–water partition coefficient (Wildman–Crippen LogP) is 8.79. The Morgan fingerprint density at radius 1 is 0.500 bits per heavy atom. The summed E-state index contributed by atoms with van der Waals surface area (Å²) < 4.78 is 4.31. The maximum Gasteiger partial charge on any atom is 0.240 e. The molecule has 0 saturated heterocycles. The van der Waals surface area contributed by atoms with E-state index in [1.165, 1.54) is 0 Å². The Hall–Kier alpha value is -6.14. The Morgan fingerprint density at radius 3 is 1.84 bits per heavy atom. The largest absolute Gasteiger partial charge is 0.315 e. The molecule has 6 nitrogen and oxygen atoms in total. The van der Waals surface area contributed by atoms with Crippen LogP contribution < -0.4 is 0 Å². The SMILES string of the molecule is c1ccc(-c2nc(-c3ccccc3)nc(-n3c4ncc5c(ccn5-c5ccccc5)c4c4ccc5ccccc5c43)n2)cc1. The first-order valence-corrected chi connectivity index (χ1v) is 14.6. The van der Waals surface area contributed by atoms with Crippen molar-refractivity contribution < 1.29 is 0 Å². The monoisotopic (exact) mass is 564 g/mol. The standard InChI is InChI=1S/C38H24N6/c1-4-13-26(14-5-1)35-40-36(27-15-6-2-7-16-27)42-38(41-35)44-34-29-19-11-10-12-25(29)20-21-31(34)33-30-22-23-43(28-17-8-3-9-18-28)32(30)24-39-37(33)44/h1-24H. The number of para-hydroxylation sites is 1. The lowest BCUT2D eigenvalue weighted by Gasteiger charge is -2.11. The van der Waals surface area contributed by atoms with E-state index in [9.17, 15) is 0 Å². The summed E-state index contributed by atoms with van der Waals surface area (Å²) in [7, 11) is 0. The average molecular weight is 565 g/mol. The number of hydrogen-bond acceptors (Lipinski definition) is 4. The van der Waals surface area contributed by atoms with E-state index in [1.807, 2.05) is 72.9 Å². The Balaban J connectivity index is 1.42. The number of rotatable bonds is 4. The van der Waals surface area contributed by atoms with E-state index in [-0.39, 0.29) is 0 Å². The molecule has 0 aliphatic carbocycles. The van der Waals surface area contributed by atoms with Gasteiger partial charge in [-0.2, -0.15) is 9.97 Å². The van der Waals surface area contributed by atoms with Crippen LogP contribution in [0.25, 0.3) is 78.0 Å². The highest BCUT2D eigenvalue weighted by Gasteiger charge is 2.22. The Morgan fingerprint density at radius 2 is 1.14 bits per heavy atom. The lowest BCUT2D eigenvalue weighted by Crippen LogP contribution is -2.07. The fraction of sp³-hybridized carbons (Fsp3) is 0. The molecule has 0 aliphatic heterocycles. The van der Waals surface area contributed by atoms with Crippen LogP contribution in [0.4, 0.5) is 0 Å². The van der Waals surface area contributed by atoms with E-state index in [2.05, 4.69) is 82.1 Å². The van der Waals surface area contributed by atoms with Gasteiger partial charge in [-0.15, -0.1) is 0 Å². The van der Waals surface area contributed by atoms with Crippen LogP contribution in [0, 0.1) is 0 Å². The normalized spacial score (nSPS) is 11.6. The van der Waals surface area contributed by atoms with Crippen LogP contribution in [0.2, 0.25) is 0 Å². The predicted molar refractivity (Wildman–Crippen MR) is 177 cm³/mol. The molecular formula is C38H24N6. The zero-order valence-electron chi connectivity index (χ0n) is 23.5. The number of pyridine rings is 1. The smallest absolute Gasteiger partial charge is 0.240 e. The third kappa shape index (κ3) is 3.75. The van der Waals surface area contributed by atoms with Crippen LogP contribution in [0.15, 0.2) is 146 Å². The third-order valence-electron chi connectivity index (χ3n) is 8.26. The molecule has 0 spiro atoms. The van der Waals surface area contributed by atoms with Gasteiger partial charge in [-0.05, 0) is 23.6 Å². The lowest BCUT2D eigenvalue weighted by molar-refractivity contribution is 0.946. The fourth-order valence-corrected chi connectivity index (χ4v) is 6.24. The zero-order chi connectivity index (χ0) is 29.0. The average Bonchev–Trinajstić information content (AvgIpc) is 3.69. The summed E-state index contributed by atoms with van der Waals surface area (Å²) in [4.78, 5) is 20.3. The summed E-state index contributed by atoms with van der Waals surface area (Å²) in [5.74, 6) is 1.75. The quantitative estimate of drug-likeness (QED) is 0.214. The second kappa shape index (κ2) is 9.71. The number of fused-ring (bicyclic) bond motifs is 7. The van der Waals surface area contributed by atoms with Crippen molar-refractivity contribution in [3.05, 3.63) is 146 Å². The van der Waals surface area contributed by atoms with Crippen molar-refractivity contribution in [1.82, 2.24) is 29.1 Å². The highest BCUT2D eigenvalue weighted by atomic mass is 15.2. The molecule has 44 heavy (non-hydrogen) atoms. The van der Waals surface area contributed by atoms with Gasteiger partial charge < -0.3 is 4.57 Å². The summed E-state index contributed by atoms with van der Waals surface area (Å²) in [6, 6.07) is 45.5. The molecule has 9 rings (SSSR count). The number of hydrogen-bond donors (Lipinski definition) is 0. The summed E-state index contributed by atoms with van der Waals surface area (Å²) in [5.41, 5.74) is 5.81. The van der Waals surface area contributed by atoms with E-state index in [1.54, 1.807) is 0 Å². The van der Waals surface area contributed by atoms with Gasteiger partial charge in [0, 0.05) is 44.6 Å². The minimum atomic E-state index is 0.531. The highest BCUT2D eigenvalue weighted by Crippen LogP contribution is 2.39. The maximum absolute atomic E-state index is 5.13. The molecule has 6 heteroatoms. The van der Waals surface area contributed by atoms with Crippen molar-refractivity contribution in [1.29, 1.82) is 0 Å². The van der Waals surface area contributed by atoms with Gasteiger partial charge in [0.1, 0.15) is 5.65 Å². The number of aromatic nitrogens is 6. The zero-order valence-corrected chi connectivity index (χ0v) is 23.5. The summed E-state index contributed by atoms with van der Waals surface area (Å²) >= 11 is 0. The molecule has 0 radical (unpaired) electrons. The van der Waals surface area contributed by atoms with Crippen LogP contribution in [0.3, 0.4) is 0 Å². The molecule has 0 aliphatic rings. The first kappa shape index (κ1) is 24.5. The molecular weight excluding hydrogens is 540 g/mol.